The third kappa shape index (κ3) is 6.36. The number of nitrogens with zero attached hydrogens (tertiary/aromatic N) is 1. The highest BCUT2D eigenvalue weighted by atomic mass is 32.3. The zero-order chi connectivity index (χ0) is 30.1. The number of benzene rings is 3. The molecule has 0 saturated carbocycles. The lowest BCUT2D eigenvalue weighted by molar-refractivity contribution is -0.137. The smallest absolute Gasteiger partial charge is 0.332 e. The topological polar surface area (TPSA) is 159 Å². The maximum atomic E-state index is 13.5. The van der Waals surface area contributed by atoms with Gasteiger partial charge in [-0.15, -0.1) is 6.42 Å². The van der Waals surface area contributed by atoms with Crippen molar-refractivity contribution in [2.75, 3.05) is 10.8 Å². The average Bonchev–Trinajstić information content (AvgIpc) is 2.89. The molecule has 1 heterocycles. The number of fused-ring (bicyclic) bond motifs is 2. The summed E-state index contributed by atoms with van der Waals surface area (Å²) in [5.41, 5.74) is 1.34. The second kappa shape index (κ2) is 11.5. The van der Waals surface area contributed by atoms with E-state index in [0.29, 0.717) is 15.3 Å². The summed E-state index contributed by atoms with van der Waals surface area (Å²) in [5, 5.41) is 12.8. The van der Waals surface area contributed by atoms with Crippen LogP contribution in [-0.4, -0.2) is 46.5 Å². The number of aliphatic carboxylic acids is 1. The van der Waals surface area contributed by atoms with Crippen molar-refractivity contribution < 1.29 is 36.3 Å². The molecule has 3 aromatic carbocycles. The van der Waals surface area contributed by atoms with E-state index in [9.17, 15) is 26.4 Å². The Hall–Kier alpha value is -3.96. The number of hydrogen-bond donors (Lipinski definition) is 3. The number of hydrogen-bond acceptors (Lipinski definition) is 8. The number of nitrogens with one attached hydrogen (secondary N) is 2. The fourth-order valence-corrected chi connectivity index (χ4v) is 7.82. The van der Waals surface area contributed by atoms with Crippen LogP contribution in [0.3, 0.4) is 0 Å². The van der Waals surface area contributed by atoms with Crippen LogP contribution in [0.15, 0.2) is 59.5 Å². The number of esters is 1. The fraction of sp³-hybridized carbons (Fsp3) is 0.286. The molecule has 3 aromatic rings. The summed E-state index contributed by atoms with van der Waals surface area (Å²) in [7, 11) is -9.51. The number of carbonyl (C=O) groups excluding carboxylic acids is 1. The molecule has 3 N–H and O–H groups in total. The molecular weight excluding hydrogens is 570 g/mol. The zero-order valence-corrected chi connectivity index (χ0v) is 24.1. The maximum Gasteiger partial charge on any atom is 0.332 e. The van der Waals surface area contributed by atoms with Crippen molar-refractivity contribution in [3.63, 3.8) is 0 Å². The first-order valence-electron chi connectivity index (χ1n) is 12.6. The molecule has 0 radical (unpaired) electrons. The molecule has 0 spiro atoms. The van der Waals surface area contributed by atoms with Gasteiger partial charge in [0.05, 0.1) is 23.0 Å². The SMILES string of the molecule is C#C[C@H](N[C@@H](C)CC(=O)O)c1ccc(S(=O)(=O)NS(=O)(=O)N2CC(=O)Oc3cc(C(C)C)ccc32)c2ccccc12. The number of rotatable bonds is 10. The van der Waals surface area contributed by atoms with Crippen molar-refractivity contribution in [2.24, 2.45) is 0 Å². The molecule has 0 aliphatic carbocycles. The summed E-state index contributed by atoms with van der Waals surface area (Å²) >= 11 is 0. The van der Waals surface area contributed by atoms with Crippen LogP contribution < -0.4 is 18.5 Å². The quantitative estimate of drug-likeness (QED) is 0.181. The molecule has 0 bridgehead atoms. The first-order chi connectivity index (χ1) is 19.2. The van der Waals surface area contributed by atoms with Crippen molar-refractivity contribution in [2.45, 2.75) is 50.1 Å². The van der Waals surface area contributed by atoms with Gasteiger partial charge in [-0.25, -0.2) is 17.5 Å². The number of carboxylic acids is 1. The van der Waals surface area contributed by atoms with E-state index in [1.54, 1.807) is 41.4 Å². The van der Waals surface area contributed by atoms with Gasteiger partial charge in [0.15, 0.2) is 5.75 Å². The monoisotopic (exact) mass is 599 g/mol. The van der Waals surface area contributed by atoms with Gasteiger partial charge in [-0.05, 0) is 47.6 Å². The standard InChI is InChI=1S/C28H29N3O8S2/c1-5-23(29-18(4)14-27(32)33)21-11-13-26(22-9-7-6-8-20(21)22)40(35,36)30-41(37,38)31-16-28(34)39-25-15-19(17(2)3)10-12-24(25)31/h1,6-13,15,17-18,23,29-30H,14,16H2,2-4H3,(H,32,33)/t18-,23-/m0/s1. The summed E-state index contributed by atoms with van der Waals surface area (Å²) in [6.45, 7) is 4.78. The van der Waals surface area contributed by atoms with E-state index in [1.165, 1.54) is 24.3 Å². The zero-order valence-electron chi connectivity index (χ0n) is 22.5. The van der Waals surface area contributed by atoms with Gasteiger partial charge in [0.2, 0.25) is 0 Å². The van der Waals surface area contributed by atoms with Crippen molar-refractivity contribution in [1.82, 2.24) is 9.44 Å². The highest BCUT2D eigenvalue weighted by molar-refractivity contribution is 8.05. The van der Waals surface area contributed by atoms with E-state index in [2.05, 4.69) is 11.2 Å². The molecule has 0 amide bonds. The summed E-state index contributed by atoms with van der Waals surface area (Å²) in [6, 6.07) is 12.5. The van der Waals surface area contributed by atoms with Crippen molar-refractivity contribution in [3.05, 3.63) is 65.7 Å². The van der Waals surface area contributed by atoms with Crippen LogP contribution in [0, 0.1) is 12.3 Å². The number of ether oxygens (including phenoxy) is 1. The van der Waals surface area contributed by atoms with Crippen molar-refractivity contribution >= 4 is 48.6 Å². The van der Waals surface area contributed by atoms with Crippen LogP contribution in [0.4, 0.5) is 5.69 Å². The van der Waals surface area contributed by atoms with E-state index >= 15 is 0 Å². The number of carbonyl (C=O) groups is 2. The Bertz CT molecular complexity index is 1780. The number of terminal acetylenes is 1. The van der Waals surface area contributed by atoms with Gasteiger partial charge in [0.25, 0.3) is 10.0 Å². The molecule has 0 fully saturated rings. The number of carboxylic acid groups (broad SMARTS) is 1. The molecule has 2 atom stereocenters. The Labute approximate surface area is 238 Å². The lowest BCUT2D eigenvalue weighted by atomic mass is 9.98. The van der Waals surface area contributed by atoms with E-state index in [4.69, 9.17) is 16.3 Å². The van der Waals surface area contributed by atoms with E-state index in [1.807, 2.05) is 13.8 Å². The van der Waals surface area contributed by atoms with Gasteiger partial charge < -0.3 is 9.84 Å². The Morgan fingerprint density at radius 3 is 2.39 bits per heavy atom. The van der Waals surface area contributed by atoms with Crippen LogP contribution in [-0.2, 0) is 29.8 Å². The minimum Gasteiger partial charge on any atom is -0.481 e. The minimum absolute atomic E-state index is 0.00924. The van der Waals surface area contributed by atoms with Crippen LogP contribution >= 0.6 is 0 Å². The molecule has 41 heavy (non-hydrogen) atoms. The third-order valence-corrected chi connectivity index (χ3v) is 10.1. The van der Waals surface area contributed by atoms with E-state index < -0.39 is 50.8 Å². The van der Waals surface area contributed by atoms with Crippen LogP contribution in [0.1, 0.15) is 50.3 Å². The minimum atomic E-state index is -4.80. The molecule has 1 aliphatic rings. The van der Waals surface area contributed by atoms with Crippen LogP contribution in [0.5, 0.6) is 5.75 Å². The fourth-order valence-electron chi connectivity index (χ4n) is 4.59. The summed E-state index contributed by atoms with van der Waals surface area (Å²) in [6.07, 6.45) is 5.54. The van der Waals surface area contributed by atoms with Crippen molar-refractivity contribution in [3.8, 4) is 18.1 Å². The molecule has 1 aliphatic heterocycles. The second-order valence-corrected chi connectivity index (χ2v) is 13.4. The Balaban J connectivity index is 1.72. The lowest BCUT2D eigenvalue weighted by Crippen LogP contribution is -2.48. The predicted octanol–water partition coefficient (Wildman–Crippen LogP) is 3.04. The Morgan fingerprint density at radius 1 is 1.07 bits per heavy atom. The van der Waals surface area contributed by atoms with Gasteiger partial charge in [-0.2, -0.15) is 8.42 Å². The number of sulfonamides is 1. The summed E-state index contributed by atoms with van der Waals surface area (Å²) in [4.78, 5) is 23.0. The average molecular weight is 600 g/mol. The molecule has 13 heteroatoms. The van der Waals surface area contributed by atoms with Gasteiger partial charge in [0.1, 0.15) is 6.54 Å². The first-order valence-corrected chi connectivity index (χ1v) is 15.5. The lowest BCUT2D eigenvalue weighted by Gasteiger charge is -2.29. The molecular formula is C28H29N3O8S2. The summed E-state index contributed by atoms with van der Waals surface area (Å²) in [5.74, 6) is 0.777. The molecule has 4 rings (SSSR count). The molecule has 0 unspecified atom stereocenters. The first kappa shape index (κ1) is 30.0. The van der Waals surface area contributed by atoms with E-state index in [0.717, 1.165) is 5.56 Å². The normalized spacial score (nSPS) is 15.2. The largest absolute Gasteiger partial charge is 0.481 e. The second-order valence-electron chi connectivity index (χ2n) is 9.92. The van der Waals surface area contributed by atoms with Gasteiger partial charge in [-0.3, -0.25) is 10.1 Å². The van der Waals surface area contributed by atoms with Crippen LogP contribution in [0.25, 0.3) is 10.8 Å². The number of anilines is 1. The van der Waals surface area contributed by atoms with Gasteiger partial charge in [0, 0.05) is 11.4 Å². The Kier molecular flexibility index (Phi) is 8.41. The van der Waals surface area contributed by atoms with Crippen LogP contribution in [0.2, 0.25) is 0 Å². The molecule has 11 nitrogen and oxygen atoms in total. The van der Waals surface area contributed by atoms with E-state index in [-0.39, 0.29) is 34.1 Å². The molecule has 0 saturated heterocycles. The third-order valence-electron chi connectivity index (χ3n) is 6.54. The maximum absolute atomic E-state index is 13.5. The predicted molar refractivity (Wildman–Crippen MR) is 153 cm³/mol. The van der Waals surface area contributed by atoms with Gasteiger partial charge >= 0.3 is 22.1 Å². The van der Waals surface area contributed by atoms with Crippen molar-refractivity contribution in [1.29, 1.82) is 0 Å². The molecule has 0 aromatic heterocycles. The summed E-state index contributed by atoms with van der Waals surface area (Å²) < 4.78 is 61.6. The highest BCUT2D eigenvalue weighted by Gasteiger charge is 2.37. The van der Waals surface area contributed by atoms with Gasteiger partial charge in [-0.1, -0.05) is 60.3 Å². The molecule has 216 valence electrons. The highest BCUT2D eigenvalue weighted by Crippen LogP contribution is 2.37. The Morgan fingerprint density at radius 2 is 1.76 bits per heavy atom.